The first-order valence-electron chi connectivity index (χ1n) is 7.37. The highest BCUT2D eigenvalue weighted by Gasteiger charge is 2.15. The Labute approximate surface area is 125 Å². The van der Waals surface area contributed by atoms with Crippen molar-refractivity contribution in [2.45, 2.75) is 45.4 Å². The van der Waals surface area contributed by atoms with Crippen molar-refractivity contribution in [2.24, 2.45) is 0 Å². The predicted molar refractivity (Wildman–Crippen MR) is 80.0 cm³/mol. The van der Waals surface area contributed by atoms with Crippen LogP contribution in [-0.4, -0.2) is 29.9 Å². The van der Waals surface area contributed by atoms with E-state index < -0.39 is 11.7 Å². The van der Waals surface area contributed by atoms with Gasteiger partial charge in [0.1, 0.15) is 0 Å². The fourth-order valence-electron chi connectivity index (χ4n) is 2.00. The van der Waals surface area contributed by atoms with E-state index in [9.17, 15) is 15.0 Å². The van der Waals surface area contributed by atoms with Crippen LogP contribution in [0, 0.1) is 0 Å². The van der Waals surface area contributed by atoms with Crippen molar-refractivity contribution >= 4 is 5.97 Å². The molecule has 0 saturated carbocycles. The Balaban J connectivity index is 2.50. The van der Waals surface area contributed by atoms with Crippen molar-refractivity contribution < 1.29 is 24.5 Å². The Morgan fingerprint density at radius 2 is 1.76 bits per heavy atom. The van der Waals surface area contributed by atoms with Gasteiger partial charge in [-0.1, -0.05) is 39.0 Å². The molecule has 5 nitrogen and oxygen atoms in total. The summed E-state index contributed by atoms with van der Waals surface area (Å²) in [6.45, 7) is 2.61. The lowest BCUT2D eigenvalue weighted by Crippen LogP contribution is -2.03. The summed E-state index contributed by atoms with van der Waals surface area (Å²) in [5.41, 5.74) is 0.144. The van der Waals surface area contributed by atoms with Crippen LogP contribution in [0.25, 0.3) is 0 Å². The summed E-state index contributed by atoms with van der Waals surface area (Å²) in [5.74, 6) is -1.23. The number of phenols is 2. The minimum atomic E-state index is -0.588. The fraction of sp³-hybridized carbons (Fsp3) is 0.562. The van der Waals surface area contributed by atoms with E-state index in [1.165, 1.54) is 32.4 Å². The molecule has 0 aliphatic carbocycles. The van der Waals surface area contributed by atoms with Crippen molar-refractivity contribution in [2.75, 3.05) is 13.7 Å². The number of benzene rings is 1. The third kappa shape index (κ3) is 5.53. The molecule has 0 spiro atoms. The second-order valence-electron chi connectivity index (χ2n) is 4.95. The molecule has 1 aromatic carbocycles. The van der Waals surface area contributed by atoms with Gasteiger partial charge in [-0.05, 0) is 18.6 Å². The summed E-state index contributed by atoms with van der Waals surface area (Å²) in [6.07, 6.45) is 6.77. The molecule has 1 aromatic rings. The Morgan fingerprint density at radius 3 is 2.43 bits per heavy atom. The molecule has 0 aliphatic heterocycles. The quantitative estimate of drug-likeness (QED) is 0.413. The standard InChI is InChI=1S/C16H24O5/c1-3-4-5-6-7-8-9-21-14-11-12(16(19)20-2)10-13(17)15(14)18/h10-11,17-18H,3-9H2,1-2H3. The minimum absolute atomic E-state index is 0.101. The summed E-state index contributed by atoms with van der Waals surface area (Å²) < 4.78 is 10.0. The van der Waals surface area contributed by atoms with Gasteiger partial charge in [0.15, 0.2) is 11.5 Å². The lowest BCUT2D eigenvalue weighted by molar-refractivity contribution is 0.0599. The highest BCUT2D eigenvalue weighted by molar-refractivity contribution is 5.91. The number of aromatic hydroxyl groups is 2. The topological polar surface area (TPSA) is 76.0 Å². The van der Waals surface area contributed by atoms with E-state index in [1.807, 2.05) is 0 Å². The number of unbranched alkanes of at least 4 members (excludes halogenated alkanes) is 5. The third-order valence-electron chi connectivity index (χ3n) is 3.23. The van der Waals surface area contributed by atoms with Crippen molar-refractivity contribution in [3.8, 4) is 17.2 Å². The van der Waals surface area contributed by atoms with E-state index in [-0.39, 0.29) is 17.1 Å². The summed E-state index contributed by atoms with van der Waals surface area (Å²) in [6, 6.07) is 2.52. The van der Waals surface area contributed by atoms with Gasteiger partial charge in [-0.2, -0.15) is 0 Å². The van der Waals surface area contributed by atoms with Gasteiger partial charge in [0.05, 0.1) is 19.3 Å². The Kier molecular flexibility index (Phi) is 7.43. The molecule has 0 radical (unpaired) electrons. The molecule has 2 N–H and O–H groups in total. The number of carbonyl (C=O) groups excluding carboxylic acids is 1. The zero-order chi connectivity index (χ0) is 15.7. The normalized spacial score (nSPS) is 10.4. The Hall–Kier alpha value is -1.91. The van der Waals surface area contributed by atoms with Gasteiger partial charge >= 0.3 is 5.97 Å². The van der Waals surface area contributed by atoms with E-state index in [0.717, 1.165) is 25.3 Å². The molecule has 0 saturated heterocycles. The zero-order valence-corrected chi connectivity index (χ0v) is 12.7. The van der Waals surface area contributed by atoms with Gasteiger partial charge in [0.25, 0.3) is 0 Å². The monoisotopic (exact) mass is 296 g/mol. The number of phenolic OH excluding ortho intramolecular Hbond substituents is 2. The maximum atomic E-state index is 11.4. The number of rotatable bonds is 9. The van der Waals surface area contributed by atoms with Crippen LogP contribution in [0.4, 0.5) is 0 Å². The first kappa shape index (κ1) is 17.1. The first-order valence-corrected chi connectivity index (χ1v) is 7.37. The SMILES string of the molecule is CCCCCCCCOc1cc(C(=O)OC)cc(O)c1O. The molecule has 0 fully saturated rings. The van der Waals surface area contributed by atoms with Crippen LogP contribution in [0.2, 0.25) is 0 Å². The molecular formula is C16H24O5. The molecule has 21 heavy (non-hydrogen) atoms. The van der Waals surface area contributed by atoms with Gasteiger partial charge in [0.2, 0.25) is 5.75 Å². The molecule has 1 rings (SSSR count). The zero-order valence-electron chi connectivity index (χ0n) is 12.7. The minimum Gasteiger partial charge on any atom is -0.504 e. The Morgan fingerprint density at radius 1 is 1.10 bits per heavy atom. The van der Waals surface area contributed by atoms with Crippen molar-refractivity contribution in [1.29, 1.82) is 0 Å². The smallest absolute Gasteiger partial charge is 0.338 e. The number of ether oxygens (including phenoxy) is 2. The maximum Gasteiger partial charge on any atom is 0.338 e. The van der Waals surface area contributed by atoms with E-state index in [2.05, 4.69) is 11.7 Å². The largest absolute Gasteiger partial charge is 0.504 e. The molecule has 0 bridgehead atoms. The fourth-order valence-corrected chi connectivity index (χ4v) is 2.00. The molecule has 0 amide bonds. The number of hydrogen-bond acceptors (Lipinski definition) is 5. The van der Waals surface area contributed by atoms with Gasteiger partial charge in [-0.3, -0.25) is 0 Å². The van der Waals surface area contributed by atoms with Crippen LogP contribution in [0.3, 0.4) is 0 Å². The van der Waals surface area contributed by atoms with Gasteiger partial charge in [0, 0.05) is 0 Å². The van der Waals surface area contributed by atoms with E-state index in [4.69, 9.17) is 4.74 Å². The van der Waals surface area contributed by atoms with Crippen LogP contribution in [0.5, 0.6) is 17.2 Å². The average molecular weight is 296 g/mol. The molecular weight excluding hydrogens is 272 g/mol. The number of esters is 1. The number of methoxy groups -OCH3 is 1. The van der Waals surface area contributed by atoms with Gasteiger partial charge in [-0.15, -0.1) is 0 Å². The van der Waals surface area contributed by atoms with Crippen LogP contribution >= 0.6 is 0 Å². The van der Waals surface area contributed by atoms with Crippen LogP contribution in [0.15, 0.2) is 12.1 Å². The summed E-state index contributed by atoms with van der Waals surface area (Å²) in [4.78, 5) is 11.4. The Bertz CT molecular complexity index is 456. The van der Waals surface area contributed by atoms with Crippen molar-refractivity contribution in [3.63, 3.8) is 0 Å². The first-order chi connectivity index (χ1) is 10.1. The highest BCUT2D eigenvalue weighted by Crippen LogP contribution is 2.36. The average Bonchev–Trinajstić information content (AvgIpc) is 2.49. The molecule has 5 heteroatoms. The molecule has 0 unspecified atom stereocenters. The summed E-state index contributed by atoms with van der Waals surface area (Å²) in [7, 11) is 1.25. The molecule has 0 aliphatic rings. The summed E-state index contributed by atoms with van der Waals surface area (Å²) >= 11 is 0. The second-order valence-corrected chi connectivity index (χ2v) is 4.95. The van der Waals surface area contributed by atoms with Gasteiger partial charge in [-0.25, -0.2) is 4.79 Å². The molecule has 0 atom stereocenters. The van der Waals surface area contributed by atoms with Crippen LogP contribution in [0.1, 0.15) is 55.8 Å². The number of carbonyl (C=O) groups is 1. The van der Waals surface area contributed by atoms with E-state index in [1.54, 1.807) is 0 Å². The summed E-state index contributed by atoms with van der Waals surface area (Å²) in [5, 5.41) is 19.3. The lowest BCUT2D eigenvalue weighted by atomic mass is 10.1. The van der Waals surface area contributed by atoms with E-state index >= 15 is 0 Å². The third-order valence-corrected chi connectivity index (χ3v) is 3.23. The van der Waals surface area contributed by atoms with Crippen LogP contribution in [-0.2, 0) is 4.74 Å². The predicted octanol–water partition coefficient (Wildman–Crippen LogP) is 3.62. The lowest BCUT2D eigenvalue weighted by Gasteiger charge is -2.10. The van der Waals surface area contributed by atoms with E-state index in [0.29, 0.717) is 6.61 Å². The highest BCUT2D eigenvalue weighted by atomic mass is 16.5. The molecule has 118 valence electrons. The van der Waals surface area contributed by atoms with Crippen LogP contribution < -0.4 is 4.74 Å². The van der Waals surface area contributed by atoms with Gasteiger partial charge < -0.3 is 19.7 Å². The van der Waals surface area contributed by atoms with Crippen molar-refractivity contribution in [3.05, 3.63) is 17.7 Å². The number of hydrogen-bond donors (Lipinski definition) is 2. The van der Waals surface area contributed by atoms with Crippen molar-refractivity contribution in [1.82, 2.24) is 0 Å². The maximum absolute atomic E-state index is 11.4. The second kappa shape index (κ2) is 9.10. The molecule has 0 heterocycles. The molecule has 0 aromatic heterocycles.